The summed E-state index contributed by atoms with van der Waals surface area (Å²) < 4.78 is 4.38. The lowest BCUT2D eigenvalue weighted by atomic mass is 9.88. The first-order valence-electron chi connectivity index (χ1n) is 16.0. The number of likely N-dealkylation sites (tertiary alicyclic amines) is 2. The van der Waals surface area contributed by atoms with Crippen molar-refractivity contribution < 1.29 is 14.7 Å². The Labute approximate surface area is 252 Å². The number of aliphatic hydroxyl groups is 1. The molecule has 3 aromatic heterocycles. The molecule has 0 bridgehead atoms. The Kier molecular flexibility index (Phi) is 7.47. The van der Waals surface area contributed by atoms with E-state index < -0.39 is 0 Å². The molecule has 3 aliphatic rings. The number of aromatic nitrogens is 3. The molecule has 0 radical (unpaired) electrons. The van der Waals surface area contributed by atoms with Gasteiger partial charge < -0.3 is 25.2 Å². The van der Waals surface area contributed by atoms with Gasteiger partial charge in [0.05, 0.1) is 28.9 Å². The molecule has 3 N–H and O–H groups in total. The number of piperidine rings is 2. The first-order chi connectivity index (χ1) is 20.9. The Balaban J connectivity index is 1.25. The lowest BCUT2D eigenvalue weighted by Gasteiger charge is -2.32. The van der Waals surface area contributed by atoms with Crippen molar-refractivity contribution >= 4 is 28.2 Å². The second-order valence-electron chi connectivity index (χ2n) is 12.9. The highest BCUT2D eigenvalue weighted by Crippen LogP contribution is 2.41. The van der Waals surface area contributed by atoms with E-state index in [2.05, 4.69) is 35.8 Å². The standard InChI is InChI=1S/C34H42N6O3/c1-22-29-10-9-26(34(43)38-14-3-5-27(35)21-38)20-40(29)36-32(22)30-18-25-4-2-6-28(33(25)39(30)19-23-7-8-23)24-11-15-37(16-12-24)31(42)13-17-41/h2,4,6,9-10,18,20,23-24,27,41H,3,5,7-8,11-17,19,21,35H2,1H3. The molecule has 1 aromatic carbocycles. The van der Waals surface area contributed by atoms with E-state index in [9.17, 15) is 14.7 Å². The fourth-order valence-corrected chi connectivity index (χ4v) is 7.24. The van der Waals surface area contributed by atoms with Gasteiger partial charge in [-0.2, -0.15) is 5.10 Å². The van der Waals surface area contributed by atoms with Crippen molar-refractivity contribution in [1.82, 2.24) is 24.0 Å². The van der Waals surface area contributed by atoms with Crippen LogP contribution in [0.1, 0.15) is 72.3 Å². The van der Waals surface area contributed by atoms with Crippen molar-refractivity contribution in [3.63, 3.8) is 0 Å². The van der Waals surface area contributed by atoms with Crippen LogP contribution in [-0.2, 0) is 11.3 Å². The van der Waals surface area contributed by atoms with E-state index in [1.807, 2.05) is 32.6 Å². The number of nitrogens with zero attached hydrogens (tertiary/aromatic N) is 5. The predicted molar refractivity (Wildman–Crippen MR) is 167 cm³/mol. The van der Waals surface area contributed by atoms with Gasteiger partial charge in [-0.15, -0.1) is 0 Å². The Morgan fingerprint density at radius 2 is 1.84 bits per heavy atom. The summed E-state index contributed by atoms with van der Waals surface area (Å²) >= 11 is 0. The first kappa shape index (κ1) is 28.1. The molecule has 7 rings (SSSR count). The van der Waals surface area contributed by atoms with Crippen LogP contribution in [0.25, 0.3) is 27.8 Å². The third kappa shape index (κ3) is 5.33. The van der Waals surface area contributed by atoms with Crippen molar-refractivity contribution in [1.29, 1.82) is 0 Å². The highest BCUT2D eigenvalue weighted by atomic mass is 16.3. The molecule has 43 heavy (non-hydrogen) atoms. The van der Waals surface area contributed by atoms with E-state index in [4.69, 9.17) is 10.8 Å². The Bertz CT molecular complexity index is 1680. The van der Waals surface area contributed by atoms with Gasteiger partial charge in [-0.1, -0.05) is 18.2 Å². The van der Waals surface area contributed by atoms with Crippen LogP contribution in [0.4, 0.5) is 0 Å². The third-order valence-corrected chi connectivity index (χ3v) is 9.81. The number of carbonyl (C=O) groups excluding carboxylic acids is 2. The summed E-state index contributed by atoms with van der Waals surface area (Å²) in [4.78, 5) is 29.5. The molecule has 0 spiro atoms. The number of amides is 2. The largest absolute Gasteiger partial charge is 0.396 e. The second kappa shape index (κ2) is 11.4. The molecule has 5 heterocycles. The molecule has 2 amide bonds. The zero-order chi connectivity index (χ0) is 29.7. The topological polar surface area (TPSA) is 109 Å². The van der Waals surface area contributed by atoms with Gasteiger partial charge in [0.15, 0.2) is 0 Å². The fourth-order valence-electron chi connectivity index (χ4n) is 7.24. The molecule has 2 saturated heterocycles. The van der Waals surface area contributed by atoms with Crippen LogP contribution >= 0.6 is 0 Å². The van der Waals surface area contributed by atoms with E-state index >= 15 is 0 Å². The minimum Gasteiger partial charge on any atom is -0.396 e. The molecule has 2 aliphatic heterocycles. The third-order valence-electron chi connectivity index (χ3n) is 9.81. The summed E-state index contributed by atoms with van der Waals surface area (Å²) in [6.45, 7) is 5.80. The van der Waals surface area contributed by atoms with Gasteiger partial charge in [0.2, 0.25) is 5.91 Å². The number of hydrogen-bond donors (Lipinski definition) is 2. The monoisotopic (exact) mass is 582 g/mol. The molecule has 226 valence electrons. The summed E-state index contributed by atoms with van der Waals surface area (Å²) in [5.41, 5.74) is 13.6. The Hall–Kier alpha value is -3.69. The molecular weight excluding hydrogens is 540 g/mol. The van der Waals surface area contributed by atoms with E-state index in [0.29, 0.717) is 23.9 Å². The molecule has 9 heteroatoms. The van der Waals surface area contributed by atoms with E-state index in [1.54, 1.807) is 0 Å². The van der Waals surface area contributed by atoms with E-state index in [-0.39, 0.29) is 30.9 Å². The highest BCUT2D eigenvalue weighted by molar-refractivity contribution is 5.95. The number of fused-ring (bicyclic) bond motifs is 2. The van der Waals surface area contributed by atoms with Crippen LogP contribution < -0.4 is 5.73 Å². The number of aliphatic hydroxyl groups excluding tert-OH is 1. The molecule has 1 aliphatic carbocycles. The van der Waals surface area contributed by atoms with Gasteiger partial charge in [-0.05, 0) is 81.0 Å². The van der Waals surface area contributed by atoms with Crippen LogP contribution in [0.3, 0.4) is 0 Å². The molecule has 1 unspecified atom stereocenters. The molecular formula is C34H42N6O3. The van der Waals surface area contributed by atoms with Gasteiger partial charge in [0.1, 0.15) is 5.69 Å². The first-order valence-corrected chi connectivity index (χ1v) is 16.0. The highest BCUT2D eigenvalue weighted by Gasteiger charge is 2.30. The van der Waals surface area contributed by atoms with E-state index in [0.717, 1.165) is 74.3 Å². The zero-order valence-electron chi connectivity index (χ0n) is 25.0. The zero-order valence-corrected chi connectivity index (χ0v) is 25.0. The minimum atomic E-state index is -0.0945. The van der Waals surface area contributed by atoms with Crippen LogP contribution in [0.2, 0.25) is 0 Å². The smallest absolute Gasteiger partial charge is 0.255 e. The Morgan fingerprint density at radius 1 is 1.02 bits per heavy atom. The predicted octanol–water partition coefficient (Wildman–Crippen LogP) is 4.33. The van der Waals surface area contributed by atoms with Crippen molar-refractivity contribution in [2.75, 3.05) is 32.8 Å². The fraction of sp³-hybridized carbons (Fsp3) is 0.500. The molecule has 4 aromatic rings. The summed E-state index contributed by atoms with van der Waals surface area (Å²) in [6, 6.07) is 12.9. The van der Waals surface area contributed by atoms with Gasteiger partial charge in [0, 0.05) is 62.3 Å². The van der Waals surface area contributed by atoms with Gasteiger partial charge in [-0.3, -0.25) is 9.59 Å². The van der Waals surface area contributed by atoms with Gasteiger partial charge in [0.25, 0.3) is 5.91 Å². The lowest BCUT2D eigenvalue weighted by molar-refractivity contribution is -0.132. The average molecular weight is 583 g/mol. The summed E-state index contributed by atoms with van der Waals surface area (Å²) in [7, 11) is 0. The average Bonchev–Trinajstić information content (AvgIpc) is 3.69. The number of hydrogen-bond acceptors (Lipinski definition) is 5. The second-order valence-corrected chi connectivity index (χ2v) is 12.9. The van der Waals surface area contributed by atoms with E-state index in [1.165, 1.54) is 29.3 Å². The minimum absolute atomic E-state index is 0.0170. The number of aryl methyl sites for hydroxylation is 1. The van der Waals surface area contributed by atoms with Crippen molar-refractivity contribution in [2.24, 2.45) is 11.7 Å². The maximum atomic E-state index is 13.3. The van der Waals surface area contributed by atoms with Crippen LogP contribution in [0, 0.1) is 12.8 Å². The summed E-state index contributed by atoms with van der Waals surface area (Å²) in [5, 5.41) is 15.5. The summed E-state index contributed by atoms with van der Waals surface area (Å²) in [6.07, 6.45) is 8.33. The Morgan fingerprint density at radius 3 is 2.58 bits per heavy atom. The number of pyridine rings is 1. The quantitative estimate of drug-likeness (QED) is 0.337. The number of benzene rings is 1. The van der Waals surface area contributed by atoms with Gasteiger partial charge >= 0.3 is 0 Å². The number of rotatable bonds is 7. The lowest BCUT2D eigenvalue weighted by Crippen LogP contribution is -2.45. The maximum absolute atomic E-state index is 13.3. The van der Waals surface area contributed by atoms with Crippen LogP contribution in [-0.4, -0.2) is 79.7 Å². The summed E-state index contributed by atoms with van der Waals surface area (Å²) in [5.74, 6) is 1.12. The maximum Gasteiger partial charge on any atom is 0.255 e. The number of para-hydroxylation sites is 1. The van der Waals surface area contributed by atoms with Crippen molar-refractivity contribution in [2.45, 2.75) is 70.4 Å². The molecule has 9 nitrogen and oxygen atoms in total. The number of carbonyl (C=O) groups is 2. The van der Waals surface area contributed by atoms with Gasteiger partial charge in [-0.25, -0.2) is 4.52 Å². The van der Waals surface area contributed by atoms with Crippen LogP contribution in [0.5, 0.6) is 0 Å². The number of nitrogens with two attached hydrogens (primary N) is 1. The molecule has 3 fully saturated rings. The molecule has 1 saturated carbocycles. The SMILES string of the molecule is Cc1c(-c2cc3cccc(C4CCN(C(=O)CCO)CC4)c3n2CC2CC2)nn2cc(C(=O)N3CCCC(N)C3)ccc12. The van der Waals surface area contributed by atoms with Crippen LogP contribution in [0.15, 0.2) is 42.6 Å². The van der Waals surface area contributed by atoms with Crippen molar-refractivity contribution in [3.8, 4) is 11.4 Å². The molecule has 1 atom stereocenters. The van der Waals surface area contributed by atoms with Crippen molar-refractivity contribution in [3.05, 3.63) is 59.3 Å². The normalized spacial score (nSPS) is 19.9.